The van der Waals surface area contributed by atoms with E-state index in [1.165, 1.54) is 11.8 Å². The van der Waals surface area contributed by atoms with Crippen molar-refractivity contribution >= 4 is 22.7 Å². The third kappa shape index (κ3) is 3.07. The number of hydrogen-bond donors (Lipinski definition) is 0. The van der Waals surface area contributed by atoms with E-state index in [9.17, 15) is 4.79 Å². The molecule has 0 N–H and O–H groups in total. The molecule has 2 nitrogen and oxygen atoms in total. The van der Waals surface area contributed by atoms with Crippen LogP contribution in [0.4, 0.5) is 10.5 Å². The van der Waals surface area contributed by atoms with E-state index in [1.807, 2.05) is 44.2 Å². The lowest BCUT2D eigenvalue weighted by atomic mass is 10.3. The molecule has 1 amide bonds. The Morgan fingerprint density at radius 2 is 1.86 bits per heavy atom. The van der Waals surface area contributed by atoms with E-state index in [0.717, 1.165) is 5.69 Å². The maximum atomic E-state index is 11.6. The average molecular weight is 209 g/mol. The SMILES string of the molecule is CC(C)SC(=O)N(C)c1ccccc1. The van der Waals surface area contributed by atoms with Gasteiger partial charge in [-0.25, -0.2) is 0 Å². The summed E-state index contributed by atoms with van der Waals surface area (Å²) in [6, 6.07) is 9.66. The van der Waals surface area contributed by atoms with E-state index >= 15 is 0 Å². The average Bonchev–Trinajstić information content (AvgIpc) is 2.17. The molecule has 0 heterocycles. The highest BCUT2D eigenvalue weighted by Gasteiger charge is 2.12. The first-order valence-electron chi connectivity index (χ1n) is 4.60. The number of anilines is 1. The smallest absolute Gasteiger partial charge is 0.286 e. The number of benzene rings is 1. The van der Waals surface area contributed by atoms with Gasteiger partial charge in [-0.1, -0.05) is 43.8 Å². The fourth-order valence-corrected chi connectivity index (χ4v) is 1.70. The number of nitrogens with zero attached hydrogens (tertiary/aromatic N) is 1. The third-order valence-corrected chi connectivity index (χ3v) is 2.70. The van der Waals surface area contributed by atoms with Crippen LogP contribution in [0.15, 0.2) is 30.3 Å². The Morgan fingerprint density at radius 1 is 1.29 bits per heavy atom. The molecule has 0 saturated carbocycles. The van der Waals surface area contributed by atoms with Crippen LogP contribution in [0.1, 0.15) is 13.8 Å². The highest BCUT2D eigenvalue weighted by molar-refractivity contribution is 8.14. The van der Waals surface area contributed by atoms with Gasteiger partial charge in [-0.05, 0) is 12.1 Å². The second-order valence-corrected chi connectivity index (χ2v) is 4.85. The van der Waals surface area contributed by atoms with Gasteiger partial charge >= 0.3 is 0 Å². The van der Waals surface area contributed by atoms with Crippen molar-refractivity contribution in [2.24, 2.45) is 0 Å². The van der Waals surface area contributed by atoms with Gasteiger partial charge in [0.05, 0.1) is 0 Å². The molecule has 0 unspecified atom stereocenters. The second-order valence-electron chi connectivity index (χ2n) is 3.33. The van der Waals surface area contributed by atoms with Crippen LogP contribution in [0.5, 0.6) is 0 Å². The van der Waals surface area contributed by atoms with Crippen molar-refractivity contribution < 1.29 is 4.79 Å². The Labute approximate surface area is 89.3 Å². The summed E-state index contributed by atoms with van der Waals surface area (Å²) in [4.78, 5) is 13.3. The molecule has 0 aliphatic rings. The Balaban J connectivity index is 2.66. The quantitative estimate of drug-likeness (QED) is 0.744. The predicted molar refractivity (Wildman–Crippen MR) is 63.0 cm³/mol. The summed E-state index contributed by atoms with van der Waals surface area (Å²) in [5, 5.41) is 0.417. The number of para-hydroxylation sites is 1. The molecule has 0 aliphatic carbocycles. The lowest BCUT2D eigenvalue weighted by Crippen LogP contribution is -2.22. The van der Waals surface area contributed by atoms with Crippen molar-refractivity contribution in [2.45, 2.75) is 19.1 Å². The maximum absolute atomic E-state index is 11.6. The Bertz CT molecular complexity index is 297. The number of hydrogen-bond acceptors (Lipinski definition) is 2. The summed E-state index contributed by atoms with van der Waals surface area (Å²) < 4.78 is 0. The first-order valence-corrected chi connectivity index (χ1v) is 5.48. The van der Waals surface area contributed by atoms with E-state index in [2.05, 4.69) is 0 Å². The van der Waals surface area contributed by atoms with Crippen molar-refractivity contribution in [2.75, 3.05) is 11.9 Å². The number of carbonyl (C=O) groups excluding carboxylic acids is 1. The van der Waals surface area contributed by atoms with Crippen LogP contribution in [0.3, 0.4) is 0 Å². The van der Waals surface area contributed by atoms with E-state index in [1.54, 1.807) is 11.9 Å². The van der Waals surface area contributed by atoms with Gasteiger partial charge in [-0.15, -0.1) is 0 Å². The van der Waals surface area contributed by atoms with Gasteiger partial charge < -0.3 is 4.90 Å². The van der Waals surface area contributed by atoms with E-state index in [-0.39, 0.29) is 5.24 Å². The molecule has 0 saturated heterocycles. The lowest BCUT2D eigenvalue weighted by molar-refractivity contribution is 0.266. The van der Waals surface area contributed by atoms with Gasteiger partial charge in [-0.3, -0.25) is 4.79 Å². The lowest BCUT2D eigenvalue weighted by Gasteiger charge is -2.17. The molecule has 76 valence electrons. The Morgan fingerprint density at radius 3 is 2.36 bits per heavy atom. The third-order valence-electron chi connectivity index (χ3n) is 1.75. The molecule has 0 radical (unpaired) electrons. The summed E-state index contributed by atoms with van der Waals surface area (Å²) in [7, 11) is 1.80. The summed E-state index contributed by atoms with van der Waals surface area (Å²) >= 11 is 1.34. The molecule has 0 aromatic heterocycles. The number of amides is 1. The minimum atomic E-state index is 0.0891. The highest BCUT2D eigenvalue weighted by Crippen LogP contribution is 2.19. The van der Waals surface area contributed by atoms with Gasteiger partial charge in [-0.2, -0.15) is 0 Å². The van der Waals surface area contributed by atoms with Crippen LogP contribution in [0.2, 0.25) is 0 Å². The predicted octanol–water partition coefficient (Wildman–Crippen LogP) is 3.38. The molecule has 0 fully saturated rings. The molecular formula is C11H15NOS. The summed E-state index contributed by atoms with van der Waals surface area (Å²) in [5.41, 5.74) is 0.936. The summed E-state index contributed by atoms with van der Waals surface area (Å²) in [5.74, 6) is 0. The zero-order valence-electron chi connectivity index (χ0n) is 8.73. The highest BCUT2D eigenvalue weighted by atomic mass is 32.2. The monoisotopic (exact) mass is 209 g/mol. The van der Waals surface area contributed by atoms with E-state index in [0.29, 0.717) is 5.25 Å². The van der Waals surface area contributed by atoms with Crippen LogP contribution in [0.25, 0.3) is 0 Å². The van der Waals surface area contributed by atoms with Crippen LogP contribution in [0, 0.1) is 0 Å². The van der Waals surface area contributed by atoms with E-state index < -0.39 is 0 Å². The normalized spacial score (nSPS) is 10.3. The molecule has 1 rings (SSSR count). The van der Waals surface area contributed by atoms with Crippen LogP contribution >= 0.6 is 11.8 Å². The topological polar surface area (TPSA) is 20.3 Å². The van der Waals surface area contributed by atoms with Crippen molar-refractivity contribution in [3.05, 3.63) is 30.3 Å². The van der Waals surface area contributed by atoms with Crippen LogP contribution < -0.4 is 4.90 Å². The zero-order chi connectivity index (χ0) is 10.6. The van der Waals surface area contributed by atoms with Gasteiger partial charge in [0.2, 0.25) is 0 Å². The van der Waals surface area contributed by atoms with Gasteiger partial charge in [0.25, 0.3) is 5.24 Å². The zero-order valence-corrected chi connectivity index (χ0v) is 9.54. The van der Waals surface area contributed by atoms with Crippen LogP contribution in [-0.4, -0.2) is 17.5 Å². The summed E-state index contributed by atoms with van der Waals surface area (Å²) in [6.45, 7) is 4.03. The van der Waals surface area contributed by atoms with Gasteiger partial charge in [0.1, 0.15) is 0 Å². The summed E-state index contributed by atoms with van der Waals surface area (Å²) in [6.07, 6.45) is 0. The molecule has 1 aromatic carbocycles. The fraction of sp³-hybridized carbons (Fsp3) is 0.364. The number of thioether (sulfide) groups is 1. The minimum absolute atomic E-state index is 0.0891. The van der Waals surface area contributed by atoms with Crippen molar-refractivity contribution in [3.63, 3.8) is 0 Å². The molecule has 0 aliphatic heterocycles. The Kier molecular flexibility index (Phi) is 4.01. The van der Waals surface area contributed by atoms with Gasteiger partial charge in [0, 0.05) is 18.0 Å². The number of rotatable bonds is 2. The minimum Gasteiger partial charge on any atom is -0.306 e. The molecule has 0 spiro atoms. The molecule has 1 aromatic rings. The molecular weight excluding hydrogens is 194 g/mol. The molecule has 0 atom stereocenters. The molecule has 3 heteroatoms. The van der Waals surface area contributed by atoms with Crippen molar-refractivity contribution in [1.82, 2.24) is 0 Å². The second kappa shape index (κ2) is 5.05. The molecule has 14 heavy (non-hydrogen) atoms. The first kappa shape index (κ1) is 11.1. The molecule has 0 bridgehead atoms. The van der Waals surface area contributed by atoms with Crippen molar-refractivity contribution in [3.8, 4) is 0 Å². The van der Waals surface area contributed by atoms with Crippen LogP contribution in [-0.2, 0) is 0 Å². The Hall–Kier alpha value is -0.960. The first-order chi connectivity index (χ1) is 6.61. The van der Waals surface area contributed by atoms with E-state index in [4.69, 9.17) is 0 Å². The largest absolute Gasteiger partial charge is 0.306 e. The fourth-order valence-electron chi connectivity index (χ4n) is 1.04. The van der Waals surface area contributed by atoms with Gasteiger partial charge in [0.15, 0.2) is 0 Å². The van der Waals surface area contributed by atoms with Crippen molar-refractivity contribution in [1.29, 1.82) is 0 Å². The standard InChI is InChI=1S/C11H15NOS/c1-9(2)14-11(13)12(3)10-7-5-4-6-8-10/h4-9H,1-3H3. The number of carbonyl (C=O) groups is 1. The maximum Gasteiger partial charge on any atom is 0.286 e.